The summed E-state index contributed by atoms with van der Waals surface area (Å²) in [7, 11) is -1.23. The van der Waals surface area contributed by atoms with E-state index in [-0.39, 0.29) is 5.75 Å². The van der Waals surface area contributed by atoms with Gasteiger partial charge in [-0.2, -0.15) is 4.98 Å². The minimum absolute atomic E-state index is 0.204. The van der Waals surface area contributed by atoms with E-state index in [1.165, 1.54) is 0 Å². The molecule has 0 saturated heterocycles. The molecule has 6 heteroatoms. The largest absolute Gasteiger partial charge is 0.472 e. The minimum atomic E-state index is -1.23. The second-order valence-corrected chi connectivity index (χ2v) is 6.99. The number of hydrogen-bond acceptors (Lipinski definition) is 5. The molecule has 0 aliphatic heterocycles. The van der Waals surface area contributed by atoms with Gasteiger partial charge in [-0.15, -0.1) is 0 Å². The standard InChI is InChI=1S/C17H18N2O3S/c1-10-7-11(2)13(4)16(12(10)3)23(20)9-15-18-17(19-22-15)14-5-6-21-8-14/h5-8H,9H2,1-4H3/t23-/m0/s1. The molecule has 0 aliphatic carbocycles. The Hall–Kier alpha value is -2.21. The third-order valence-electron chi connectivity index (χ3n) is 4.03. The van der Waals surface area contributed by atoms with E-state index < -0.39 is 10.8 Å². The van der Waals surface area contributed by atoms with Crippen molar-refractivity contribution in [2.45, 2.75) is 38.3 Å². The van der Waals surface area contributed by atoms with Crippen LogP contribution in [0.2, 0.25) is 0 Å². The third-order valence-corrected chi connectivity index (χ3v) is 5.60. The third kappa shape index (κ3) is 2.99. The first-order valence-electron chi connectivity index (χ1n) is 7.28. The number of benzene rings is 1. The van der Waals surface area contributed by atoms with E-state index in [0.717, 1.165) is 32.7 Å². The van der Waals surface area contributed by atoms with Gasteiger partial charge in [0.1, 0.15) is 12.0 Å². The smallest absolute Gasteiger partial charge is 0.239 e. The fourth-order valence-electron chi connectivity index (χ4n) is 2.53. The summed E-state index contributed by atoms with van der Waals surface area (Å²) in [5.41, 5.74) is 5.13. The molecule has 0 unspecified atom stereocenters. The Bertz CT molecular complexity index is 840. The van der Waals surface area contributed by atoms with Crippen molar-refractivity contribution in [3.8, 4) is 11.4 Å². The van der Waals surface area contributed by atoms with Crippen LogP contribution in [0.1, 0.15) is 28.1 Å². The van der Waals surface area contributed by atoms with Crippen molar-refractivity contribution >= 4 is 10.8 Å². The number of furan rings is 1. The van der Waals surface area contributed by atoms with Crippen LogP contribution in [0.5, 0.6) is 0 Å². The summed E-state index contributed by atoms with van der Waals surface area (Å²) in [6.45, 7) is 8.07. The van der Waals surface area contributed by atoms with E-state index in [2.05, 4.69) is 16.2 Å². The molecule has 1 aromatic carbocycles. The predicted molar refractivity (Wildman–Crippen MR) is 87.5 cm³/mol. The van der Waals surface area contributed by atoms with E-state index in [1.54, 1.807) is 18.6 Å². The quantitative estimate of drug-likeness (QED) is 0.726. The minimum Gasteiger partial charge on any atom is -0.472 e. The number of hydrogen-bond donors (Lipinski definition) is 0. The van der Waals surface area contributed by atoms with E-state index in [0.29, 0.717) is 11.7 Å². The molecule has 2 heterocycles. The molecule has 120 valence electrons. The monoisotopic (exact) mass is 330 g/mol. The maximum absolute atomic E-state index is 12.8. The molecule has 3 aromatic rings. The van der Waals surface area contributed by atoms with Crippen molar-refractivity contribution in [3.63, 3.8) is 0 Å². The van der Waals surface area contributed by atoms with Gasteiger partial charge in [0.25, 0.3) is 0 Å². The number of nitrogens with zero attached hydrogens (tertiary/aromatic N) is 2. The Labute approximate surface area is 137 Å². The van der Waals surface area contributed by atoms with Gasteiger partial charge in [-0.05, 0) is 56.0 Å². The maximum atomic E-state index is 12.8. The average molecular weight is 330 g/mol. The van der Waals surface area contributed by atoms with Gasteiger partial charge in [-0.25, -0.2) is 0 Å². The van der Waals surface area contributed by atoms with Crippen LogP contribution in [-0.2, 0) is 16.6 Å². The highest BCUT2D eigenvalue weighted by Gasteiger charge is 2.18. The first-order valence-corrected chi connectivity index (χ1v) is 8.60. The maximum Gasteiger partial charge on any atom is 0.239 e. The summed E-state index contributed by atoms with van der Waals surface area (Å²) >= 11 is 0. The molecule has 2 aromatic heterocycles. The lowest BCUT2D eigenvalue weighted by molar-refractivity contribution is 0.390. The van der Waals surface area contributed by atoms with Gasteiger partial charge in [0, 0.05) is 4.90 Å². The molecular formula is C17H18N2O3S. The van der Waals surface area contributed by atoms with Gasteiger partial charge < -0.3 is 8.94 Å². The van der Waals surface area contributed by atoms with Crippen molar-refractivity contribution in [1.29, 1.82) is 0 Å². The lowest BCUT2D eigenvalue weighted by Crippen LogP contribution is -2.05. The Morgan fingerprint density at radius 3 is 2.43 bits per heavy atom. The fraction of sp³-hybridized carbons (Fsp3) is 0.294. The molecule has 1 atom stereocenters. The molecule has 0 aliphatic rings. The molecule has 0 amide bonds. The first kappa shape index (κ1) is 15.7. The lowest BCUT2D eigenvalue weighted by atomic mass is 10.0. The highest BCUT2D eigenvalue weighted by molar-refractivity contribution is 7.84. The van der Waals surface area contributed by atoms with Gasteiger partial charge in [0.2, 0.25) is 11.7 Å². The Balaban J connectivity index is 1.89. The zero-order valence-corrected chi connectivity index (χ0v) is 14.4. The van der Waals surface area contributed by atoms with Gasteiger partial charge >= 0.3 is 0 Å². The zero-order chi connectivity index (χ0) is 16.6. The van der Waals surface area contributed by atoms with Crippen molar-refractivity contribution in [2.24, 2.45) is 0 Å². The van der Waals surface area contributed by atoms with Crippen molar-refractivity contribution in [3.05, 3.63) is 52.8 Å². The average Bonchev–Trinajstić information content (AvgIpc) is 3.16. The first-order chi connectivity index (χ1) is 11.0. The number of aryl methyl sites for hydroxylation is 2. The zero-order valence-electron chi connectivity index (χ0n) is 13.5. The molecule has 0 bridgehead atoms. The van der Waals surface area contributed by atoms with Gasteiger partial charge in [0.05, 0.1) is 22.6 Å². The summed E-state index contributed by atoms with van der Waals surface area (Å²) in [6, 6.07) is 3.87. The highest BCUT2D eigenvalue weighted by Crippen LogP contribution is 2.26. The molecule has 3 rings (SSSR count). The summed E-state index contributed by atoms with van der Waals surface area (Å²) < 4.78 is 23.1. The van der Waals surface area contributed by atoms with E-state index in [1.807, 2.05) is 27.7 Å². The van der Waals surface area contributed by atoms with Crippen LogP contribution >= 0.6 is 0 Å². The molecule has 0 fully saturated rings. The second kappa shape index (κ2) is 6.12. The van der Waals surface area contributed by atoms with Crippen LogP contribution in [0.3, 0.4) is 0 Å². The lowest BCUT2D eigenvalue weighted by Gasteiger charge is -2.13. The van der Waals surface area contributed by atoms with Crippen LogP contribution in [0.25, 0.3) is 11.4 Å². The number of rotatable bonds is 4. The van der Waals surface area contributed by atoms with Crippen molar-refractivity contribution < 1.29 is 13.1 Å². The van der Waals surface area contributed by atoms with Crippen LogP contribution in [0.15, 0.2) is 38.5 Å². The SMILES string of the molecule is Cc1cc(C)c(C)c([S@@](=O)Cc2nc(-c3ccoc3)no2)c1C. The fourth-order valence-corrected chi connectivity index (χ4v) is 4.02. The molecule has 23 heavy (non-hydrogen) atoms. The molecular weight excluding hydrogens is 312 g/mol. The van der Waals surface area contributed by atoms with Gasteiger partial charge in [-0.3, -0.25) is 4.21 Å². The summed E-state index contributed by atoms with van der Waals surface area (Å²) in [5.74, 6) is 1.01. The second-order valence-electron chi connectivity index (χ2n) is 5.60. The van der Waals surface area contributed by atoms with E-state index in [9.17, 15) is 4.21 Å². The molecule has 0 radical (unpaired) electrons. The summed E-state index contributed by atoms with van der Waals surface area (Å²) in [6.07, 6.45) is 3.09. The summed E-state index contributed by atoms with van der Waals surface area (Å²) in [5, 5.41) is 3.90. The van der Waals surface area contributed by atoms with Gasteiger partial charge in [0.15, 0.2) is 0 Å². The molecule has 0 saturated carbocycles. The van der Waals surface area contributed by atoms with Crippen LogP contribution in [0.4, 0.5) is 0 Å². The summed E-state index contributed by atoms with van der Waals surface area (Å²) in [4.78, 5) is 5.16. The van der Waals surface area contributed by atoms with Crippen molar-refractivity contribution in [1.82, 2.24) is 10.1 Å². The van der Waals surface area contributed by atoms with Gasteiger partial charge in [-0.1, -0.05) is 11.2 Å². The van der Waals surface area contributed by atoms with E-state index in [4.69, 9.17) is 8.94 Å². The molecule has 0 spiro atoms. The number of aromatic nitrogens is 2. The Morgan fingerprint density at radius 1 is 1.13 bits per heavy atom. The highest BCUT2D eigenvalue weighted by atomic mass is 32.2. The normalized spacial score (nSPS) is 12.5. The predicted octanol–water partition coefficient (Wildman–Crippen LogP) is 3.87. The van der Waals surface area contributed by atoms with E-state index >= 15 is 0 Å². The molecule has 0 N–H and O–H groups in total. The Morgan fingerprint density at radius 2 is 1.83 bits per heavy atom. The van der Waals surface area contributed by atoms with Crippen molar-refractivity contribution in [2.75, 3.05) is 0 Å². The topological polar surface area (TPSA) is 69.1 Å². The van der Waals surface area contributed by atoms with Crippen LogP contribution in [0, 0.1) is 27.7 Å². The molecule has 5 nitrogen and oxygen atoms in total. The van der Waals surface area contributed by atoms with Crippen LogP contribution < -0.4 is 0 Å². The van der Waals surface area contributed by atoms with Crippen LogP contribution in [-0.4, -0.2) is 14.3 Å². The Kier molecular flexibility index (Phi) is 4.17.